The summed E-state index contributed by atoms with van der Waals surface area (Å²) in [6, 6.07) is 0. The maximum Gasteiger partial charge on any atom is -0.00163 e. The fraction of sp³-hybridized carbons (Fsp3) is 1.00. The quantitative estimate of drug-likeness (QED) is 0.535. The first-order valence-electron chi connectivity index (χ1n) is 7.99. The second-order valence-electron chi connectivity index (χ2n) is 6.27. The third-order valence-corrected chi connectivity index (χ3v) is 3.37. The first kappa shape index (κ1) is 17.9. The summed E-state index contributed by atoms with van der Waals surface area (Å²) < 4.78 is 0. The summed E-state index contributed by atoms with van der Waals surface area (Å²) in [7, 11) is 0. The van der Waals surface area contributed by atoms with Gasteiger partial charge in [0.25, 0.3) is 0 Å². The maximum atomic E-state index is 3.40. The summed E-state index contributed by atoms with van der Waals surface area (Å²) in [6.45, 7) is 17.6. The van der Waals surface area contributed by atoms with E-state index in [1.54, 1.807) is 0 Å². The minimum atomic E-state index is 0.827. The molecule has 2 heteroatoms. The van der Waals surface area contributed by atoms with Crippen molar-refractivity contribution in [3.8, 4) is 0 Å². The molecule has 0 aliphatic heterocycles. The molecule has 0 fully saturated rings. The molecular formula is C16H36N2. The van der Waals surface area contributed by atoms with Crippen LogP contribution in [0.4, 0.5) is 0 Å². The van der Waals surface area contributed by atoms with Gasteiger partial charge in [-0.25, -0.2) is 0 Å². The topological polar surface area (TPSA) is 15.3 Å². The summed E-state index contributed by atoms with van der Waals surface area (Å²) in [6.07, 6.45) is 5.33. The minimum absolute atomic E-state index is 0.827. The van der Waals surface area contributed by atoms with Gasteiger partial charge in [0.1, 0.15) is 0 Å². The van der Waals surface area contributed by atoms with Crippen LogP contribution in [0.3, 0.4) is 0 Å². The molecule has 110 valence electrons. The maximum absolute atomic E-state index is 3.40. The van der Waals surface area contributed by atoms with Crippen molar-refractivity contribution in [3.63, 3.8) is 0 Å². The number of hydrogen-bond donors (Lipinski definition) is 1. The molecule has 0 unspecified atom stereocenters. The Morgan fingerprint density at radius 2 is 1.39 bits per heavy atom. The van der Waals surface area contributed by atoms with Crippen molar-refractivity contribution < 1.29 is 0 Å². The zero-order valence-electron chi connectivity index (χ0n) is 13.5. The molecule has 18 heavy (non-hydrogen) atoms. The summed E-state index contributed by atoms with van der Waals surface area (Å²) in [4.78, 5) is 2.67. The van der Waals surface area contributed by atoms with E-state index in [1.165, 1.54) is 51.9 Å². The molecular weight excluding hydrogens is 220 g/mol. The Labute approximate surface area is 116 Å². The van der Waals surface area contributed by atoms with E-state index in [4.69, 9.17) is 0 Å². The van der Waals surface area contributed by atoms with Gasteiger partial charge in [-0.05, 0) is 70.2 Å². The second kappa shape index (κ2) is 12.0. The van der Waals surface area contributed by atoms with E-state index in [2.05, 4.69) is 44.8 Å². The second-order valence-corrected chi connectivity index (χ2v) is 6.27. The van der Waals surface area contributed by atoms with E-state index >= 15 is 0 Å². The van der Waals surface area contributed by atoms with Crippen molar-refractivity contribution >= 4 is 0 Å². The standard InChI is InChI=1S/C16H36N2/c1-6-17-11-7-8-12-18(13-9-15(2)3)14-10-16(4)5/h15-17H,6-14H2,1-5H3. The van der Waals surface area contributed by atoms with Crippen molar-refractivity contribution in [1.82, 2.24) is 10.2 Å². The van der Waals surface area contributed by atoms with Gasteiger partial charge in [-0.2, -0.15) is 0 Å². The van der Waals surface area contributed by atoms with Gasteiger partial charge in [-0.3, -0.25) is 0 Å². The van der Waals surface area contributed by atoms with Gasteiger partial charge in [0, 0.05) is 0 Å². The Bertz CT molecular complexity index is 154. The van der Waals surface area contributed by atoms with Gasteiger partial charge in [0.15, 0.2) is 0 Å². The first-order valence-corrected chi connectivity index (χ1v) is 7.99. The predicted molar refractivity (Wildman–Crippen MR) is 83.1 cm³/mol. The molecule has 0 radical (unpaired) electrons. The third-order valence-electron chi connectivity index (χ3n) is 3.37. The largest absolute Gasteiger partial charge is 0.317 e. The molecule has 0 amide bonds. The van der Waals surface area contributed by atoms with Crippen molar-refractivity contribution in [2.75, 3.05) is 32.7 Å². The highest BCUT2D eigenvalue weighted by molar-refractivity contribution is 4.62. The van der Waals surface area contributed by atoms with Gasteiger partial charge in [-0.15, -0.1) is 0 Å². The Morgan fingerprint density at radius 3 is 1.83 bits per heavy atom. The fourth-order valence-electron chi connectivity index (χ4n) is 1.98. The van der Waals surface area contributed by atoms with Crippen LogP contribution in [0.5, 0.6) is 0 Å². The Balaban J connectivity index is 3.74. The number of nitrogens with one attached hydrogen (secondary N) is 1. The summed E-state index contributed by atoms with van der Waals surface area (Å²) in [5.41, 5.74) is 0. The number of rotatable bonds is 12. The molecule has 0 saturated carbocycles. The molecule has 0 heterocycles. The van der Waals surface area contributed by atoms with Crippen LogP contribution in [0, 0.1) is 11.8 Å². The van der Waals surface area contributed by atoms with Crippen molar-refractivity contribution in [2.24, 2.45) is 11.8 Å². The van der Waals surface area contributed by atoms with Crippen LogP contribution in [0.15, 0.2) is 0 Å². The lowest BCUT2D eigenvalue weighted by atomic mass is 10.1. The van der Waals surface area contributed by atoms with E-state index in [0.717, 1.165) is 18.4 Å². The van der Waals surface area contributed by atoms with Crippen molar-refractivity contribution in [3.05, 3.63) is 0 Å². The molecule has 0 saturated heterocycles. The Kier molecular flexibility index (Phi) is 11.9. The van der Waals surface area contributed by atoms with Crippen LogP contribution in [0.25, 0.3) is 0 Å². The van der Waals surface area contributed by atoms with Gasteiger partial charge in [-0.1, -0.05) is 34.6 Å². The van der Waals surface area contributed by atoms with Crippen LogP contribution in [-0.2, 0) is 0 Å². The van der Waals surface area contributed by atoms with E-state index in [0.29, 0.717) is 0 Å². The molecule has 0 aromatic heterocycles. The molecule has 0 bridgehead atoms. The fourth-order valence-corrected chi connectivity index (χ4v) is 1.98. The number of nitrogens with zero attached hydrogens (tertiary/aromatic N) is 1. The molecule has 0 aliphatic rings. The van der Waals surface area contributed by atoms with E-state index in [-0.39, 0.29) is 0 Å². The average molecular weight is 256 g/mol. The van der Waals surface area contributed by atoms with Crippen LogP contribution in [0.2, 0.25) is 0 Å². The lowest BCUT2D eigenvalue weighted by Crippen LogP contribution is -2.29. The van der Waals surface area contributed by atoms with Crippen LogP contribution in [-0.4, -0.2) is 37.6 Å². The molecule has 0 aromatic carbocycles. The van der Waals surface area contributed by atoms with Crippen LogP contribution >= 0.6 is 0 Å². The zero-order valence-corrected chi connectivity index (χ0v) is 13.5. The van der Waals surface area contributed by atoms with E-state index in [9.17, 15) is 0 Å². The molecule has 0 aliphatic carbocycles. The van der Waals surface area contributed by atoms with Gasteiger partial charge in [0.2, 0.25) is 0 Å². The number of unbranched alkanes of at least 4 members (excludes halogenated alkanes) is 1. The highest BCUT2D eigenvalue weighted by Gasteiger charge is 2.07. The minimum Gasteiger partial charge on any atom is -0.317 e. The molecule has 0 aromatic rings. The predicted octanol–water partition coefficient (Wildman–Crippen LogP) is 3.77. The van der Waals surface area contributed by atoms with E-state index in [1.807, 2.05) is 0 Å². The SMILES string of the molecule is CCNCCCCN(CCC(C)C)CCC(C)C. The van der Waals surface area contributed by atoms with Crippen LogP contribution in [0.1, 0.15) is 60.3 Å². The van der Waals surface area contributed by atoms with Gasteiger partial charge in [0.05, 0.1) is 0 Å². The van der Waals surface area contributed by atoms with Crippen molar-refractivity contribution in [2.45, 2.75) is 60.3 Å². The smallest absolute Gasteiger partial charge is 0.00163 e. The molecule has 1 N–H and O–H groups in total. The summed E-state index contributed by atoms with van der Waals surface area (Å²) >= 11 is 0. The Morgan fingerprint density at radius 1 is 0.833 bits per heavy atom. The molecule has 0 atom stereocenters. The number of hydrogen-bond acceptors (Lipinski definition) is 2. The normalized spacial score (nSPS) is 12.0. The van der Waals surface area contributed by atoms with Gasteiger partial charge < -0.3 is 10.2 Å². The average Bonchev–Trinajstić information content (AvgIpc) is 2.30. The van der Waals surface area contributed by atoms with Gasteiger partial charge >= 0.3 is 0 Å². The van der Waals surface area contributed by atoms with Crippen molar-refractivity contribution in [1.29, 1.82) is 0 Å². The Hall–Kier alpha value is -0.0800. The summed E-state index contributed by atoms with van der Waals surface area (Å²) in [5, 5.41) is 3.40. The third kappa shape index (κ3) is 12.4. The lowest BCUT2D eigenvalue weighted by molar-refractivity contribution is 0.239. The summed E-state index contributed by atoms with van der Waals surface area (Å²) in [5.74, 6) is 1.65. The van der Waals surface area contributed by atoms with E-state index < -0.39 is 0 Å². The molecule has 0 spiro atoms. The lowest BCUT2D eigenvalue weighted by Gasteiger charge is -2.24. The molecule has 2 nitrogen and oxygen atoms in total. The monoisotopic (exact) mass is 256 g/mol. The first-order chi connectivity index (χ1) is 8.56. The van der Waals surface area contributed by atoms with Crippen LogP contribution < -0.4 is 5.32 Å². The highest BCUT2D eigenvalue weighted by atomic mass is 15.1. The molecule has 0 rings (SSSR count). The zero-order chi connectivity index (χ0) is 13.8. The highest BCUT2D eigenvalue weighted by Crippen LogP contribution is 2.07.